The van der Waals surface area contributed by atoms with Crippen molar-refractivity contribution < 1.29 is 9.59 Å². The molecule has 98 valence electrons. The lowest BCUT2D eigenvalue weighted by molar-refractivity contribution is -0.104. The molecule has 0 saturated heterocycles. The van der Waals surface area contributed by atoms with Crippen LogP contribution >= 0.6 is 0 Å². The van der Waals surface area contributed by atoms with Gasteiger partial charge in [0.15, 0.2) is 5.78 Å². The summed E-state index contributed by atoms with van der Waals surface area (Å²) >= 11 is 0. The van der Waals surface area contributed by atoms with Crippen molar-refractivity contribution in [3.8, 4) is 0 Å². The van der Waals surface area contributed by atoms with Crippen LogP contribution in [0.25, 0.3) is 11.6 Å². The van der Waals surface area contributed by atoms with E-state index in [2.05, 4.69) is 6.58 Å². The number of hydrogen-bond donors (Lipinski definition) is 0. The van der Waals surface area contributed by atoms with Gasteiger partial charge in [-0.2, -0.15) is 0 Å². The maximum absolute atomic E-state index is 12.4. The molecule has 0 N–H and O–H groups in total. The van der Waals surface area contributed by atoms with Crippen LogP contribution in [0.15, 0.2) is 67.3 Å². The zero-order valence-electron chi connectivity index (χ0n) is 11.0. The third-order valence-corrected chi connectivity index (χ3v) is 2.95. The Balaban J connectivity index is 2.37. The minimum atomic E-state index is -0.113. The normalized spacial score (nSPS) is 10.4. The Morgan fingerprint density at radius 2 is 1.60 bits per heavy atom. The van der Waals surface area contributed by atoms with Gasteiger partial charge in [0.05, 0.1) is 0 Å². The van der Waals surface area contributed by atoms with Gasteiger partial charge in [0.2, 0.25) is 0 Å². The Labute approximate surface area is 118 Å². The number of Topliss-reactive ketones (excluding diaryl/α,β-unsaturated/α-hetero) is 1. The average Bonchev–Trinajstić information content (AvgIpc) is 2.52. The van der Waals surface area contributed by atoms with Crippen LogP contribution < -0.4 is 0 Å². The van der Waals surface area contributed by atoms with Crippen molar-refractivity contribution in [3.05, 3.63) is 83.9 Å². The van der Waals surface area contributed by atoms with E-state index in [1.54, 1.807) is 18.2 Å². The van der Waals surface area contributed by atoms with Crippen LogP contribution in [0.3, 0.4) is 0 Å². The van der Waals surface area contributed by atoms with Gasteiger partial charge in [-0.05, 0) is 17.2 Å². The second kappa shape index (κ2) is 6.43. The summed E-state index contributed by atoms with van der Waals surface area (Å²) in [4.78, 5) is 22.8. The van der Waals surface area contributed by atoms with Crippen LogP contribution in [0, 0.1) is 0 Å². The van der Waals surface area contributed by atoms with Gasteiger partial charge in [0, 0.05) is 11.1 Å². The average molecular weight is 262 g/mol. The molecule has 0 spiro atoms. The summed E-state index contributed by atoms with van der Waals surface area (Å²) in [5, 5.41) is 0. The Hall–Kier alpha value is -2.74. The molecule has 0 aliphatic rings. The van der Waals surface area contributed by atoms with Crippen molar-refractivity contribution in [2.45, 2.75) is 0 Å². The highest BCUT2D eigenvalue weighted by molar-refractivity contribution is 6.28. The summed E-state index contributed by atoms with van der Waals surface area (Å²) in [5.74, 6) is -0.113. The molecule has 0 radical (unpaired) electrons. The Morgan fingerprint density at radius 1 is 0.950 bits per heavy atom. The van der Waals surface area contributed by atoms with Crippen LogP contribution in [-0.4, -0.2) is 12.1 Å². The fourth-order valence-electron chi connectivity index (χ4n) is 1.95. The molecule has 0 aliphatic heterocycles. The number of ketones is 1. The molecule has 2 heteroatoms. The summed E-state index contributed by atoms with van der Waals surface area (Å²) in [6.07, 6.45) is 3.78. The summed E-state index contributed by atoms with van der Waals surface area (Å²) in [7, 11) is 0. The molecule has 0 heterocycles. The third-order valence-electron chi connectivity index (χ3n) is 2.95. The number of rotatable bonds is 5. The summed E-state index contributed by atoms with van der Waals surface area (Å²) in [6.45, 7) is 3.90. The molecule has 0 aromatic heterocycles. The highest BCUT2D eigenvalue weighted by Crippen LogP contribution is 2.22. The second-order valence-electron chi connectivity index (χ2n) is 4.26. The van der Waals surface area contributed by atoms with E-state index in [0.29, 0.717) is 17.4 Å². The molecule has 0 unspecified atom stereocenters. The van der Waals surface area contributed by atoms with Crippen LogP contribution in [0.1, 0.15) is 21.5 Å². The van der Waals surface area contributed by atoms with E-state index in [0.717, 1.165) is 11.1 Å². The molecule has 0 saturated carbocycles. The van der Waals surface area contributed by atoms with Crippen LogP contribution in [0.4, 0.5) is 0 Å². The zero-order valence-corrected chi connectivity index (χ0v) is 11.0. The standard InChI is InChI=1S/C18H14O2/c1-14(18(20)16-9-3-2-4-10-16)17-12-6-5-8-15(17)11-7-13-19/h2-13H,1H2/b11-7+. The first-order valence-electron chi connectivity index (χ1n) is 6.24. The molecular formula is C18H14O2. The number of carbonyl (C=O) groups excluding carboxylic acids is 2. The smallest absolute Gasteiger partial charge is 0.193 e. The van der Waals surface area contributed by atoms with E-state index >= 15 is 0 Å². The molecule has 0 bridgehead atoms. The summed E-state index contributed by atoms with van der Waals surface area (Å²) < 4.78 is 0. The topological polar surface area (TPSA) is 34.1 Å². The molecule has 0 fully saturated rings. The van der Waals surface area contributed by atoms with Crippen LogP contribution in [0.2, 0.25) is 0 Å². The van der Waals surface area contributed by atoms with Crippen molar-refractivity contribution in [1.82, 2.24) is 0 Å². The van der Waals surface area contributed by atoms with Gasteiger partial charge < -0.3 is 0 Å². The van der Waals surface area contributed by atoms with Gasteiger partial charge >= 0.3 is 0 Å². The summed E-state index contributed by atoms with van der Waals surface area (Å²) in [6, 6.07) is 16.4. The highest BCUT2D eigenvalue weighted by atomic mass is 16.1. The molecule has 2 rings (SSSR count). The van der Waals surface area contributed by atoms with Crippen molar-refractivity contribution >= 4 is 23.7 Å². The number of hydrogen-bond acceptors (Lipinski definition) is 2. The van der Waals surface area contributed by atoms with Gasteiger partial charge in [-0.1, -0.05) is 67.3 Å². The number of allylic oxidation sites excluding steroid dienone is 2. The minimum Gasteiger partial charge on any atom is -0.299 e. The van der Waals surface area contributed by atoms with Crippen molar-refractivity contribution in [2.75, 3.05) is 0 Å². The number of aldehydes is 1. The third kappa shape index (κ3) is 2.98. The maximum atomic E-state index is 12.4. The van der Waals surface area contributed by atoms with Crippen molar-refractivity contribution in [1.29, 1.82) is 0 Å². The van der Waals surface area contributed by atoms with Crippen molar-refractivity contribution in [2.24, 2.45) is 0 Å². The van der Waals surface area contributed by atoms with Crippen molar-refractivity contribution in [3.63, 3.8) is 0 Å². The number of carbonyl (C=O) groups is 2. The first kappa shape index (κ1) is 13.7. The molecular weight excluding hydrogens is 248 g/mol. The first-order valence-corrected chi connectivity index (χ1v) is 6.24. The van der Waals surface area contributed by atoms with Gasteiger partial charge in [-0.15, -0.1) is 0 Å². The van der Waals surface area contributed by atoms with Crippen LogP contribution in [-0.2, 0) is 4.79 Å². The zero-order chi connectivity index (χ0) is 14.4. The maximum Gasteiger partial charge on any atom is 0.193 e. The molecule has 2 aromatic carbocycles. The Bertz CT molecular complexity index is 667. The van der Waals surface area contributed by atoms with E-state index in [1.165, 1.54) is 6.08 Å². The van der Waals surface area contributed by atoms with E-state index < -0.39 is 0 Å². The minimum absolute atomic E-state index is 0.113. The molecule has 20 heavy (non-hydrogen) atoms. The Morgan fingerprint density at radius 3 is 2.30 bits per heavy atom. The SMILES string of the molecule is C=C(C(=O)c1ccccc1)c1ccccc1/C=C/C=O. The molecule has 0 atom stereocenters. The fraction of sp³-hybridized carbons (Fsp3) is 0. The first-order chi connectivity index (χ1) is 9.74. The monoisotopic (exact) mass is 262 g/mol. The van der Waals surface area contributed by atoms with E-state index in [9.17, 15) is 9.59 Å². The number of benzene rings is 2. The largest absolute Gasteiger partial charge is 0.299 e. The van der Waals surface area contributed by atoms with Gasteiger partial charge in [-0.3, -0.25) is 9.59 Å². The van der Waals surface area contributed by atoms with E-state index in [1.807, 2.05) is 42.5 Å². The predicted octanol–water partition coefficient (Wildman–Crippen LogP) is 3.79. The van der Waals surface area contributed by atoms with E-state index in [4.69, 9.17) is 0 Å². The second-order valence-corrected chi connectivity index (χ2v) is 4.26. The lowest BCUT2D eigenvalue weighted by atomic mass is 9.94. The molecule has 0 amide bonds. The Kier molecular flexibility index (Phi) is 4.40. The predicted molar refractivity (Wildman–Crippen MR) is 81.3 cm³/mol. The lowest BCUT2D eigenvalue weighted by Crippen LogP contribution is -2.02. The van der Waals surface area contributed by atoms with Crippen LogP contribution in [0.5, 0.6) is 0 Å². The van der Waals surface area contributed by atoms with Gasteiger partial charge in [0.25, 0.3) is 0 Å². The quantitative estimate of drug-likeness (QED) is 0.466. The molecule has 2 nitrogen and oxygen atoms in total. The molecule has 2 aromatic rings. The van der Waals surface area contributed by atoms with Gasteiger partial charge in [0.1, 0.15) is 6.29 Å². The molecule has 0 aliphatic carbocycles. The van der Waals surface area contributed by atoms with Gasteiger partial charge in [-0.25, -0.2) is 0 Å². The van der Waals surface area contributed by atoms with E-state index in [-0.39, 0.29) is 5.78 Å². The highest BCUT2D eigenvalue weighted by Gasteiger charge is 2.13. The fourth-order valence-corrected chi connectivity index (χ4v) is 1.95. The summed E-state index contributed by atoms with van der Waals surface area (Å²) in [5.41, 5.74) is 2.56. The lowest BCUT2D eigenvalue weighted by Gasteiger charge is -2.08.